The van der Waals surface area contributed by atoms with Gasteiger partial charge in [-0.05, 0) is 12.0 Å². The SMILES string of the molecule is N#CNC(=O)C(N)Cc1ccccc1. The first kappa shape index (κ1) is 10.2. The summed E-state index contributed by atoms with van der Waals surface area (Å²) in [4.78, 5) is 11.1. The molecule has 0 aliphatic carbocycles. The van der Waals surface area contributed by atoms with Crippen LogP contribution in [0.3, 0.4) is 0 Å². The van der Waals surface area contributed by atoms with Gasteiger partial charge in [-0.25, -0.2) is 0 Å². The molecule has 1 unspecified atom stereocenters. The Kier molecular flexibility index (Phi) is 3.65. The van der Waals surface area contributed by atoms with Crippen LogP contribution in [-0.4, -0.2) is 11.9 Å². The zero-order chi connectivity index (χ0) is 10.4. The number of nitriles is 1. The number of hydrogen-bond acceptors (Lipinski definition) is 3. The predicted octanol–water partition coefficient (Wildman–Crippen LogP) is 0.154. The van der Waals surface area contributed by atoms with Gasteiger partial charge in [0, 0.05) is 0 Å². The lowest BCUT2D eigenvalue weighted by atomic mass is 10.1. The molecule has 3 N–H and O–H groups in total. The van der Waals surface area contributed by atoms with Gasteiger partial charge in [0.15, 0.2) is 6.19 Å². The highest BCUT2D eigenvalue weighted by Crippen LogP contribution is 2.01. The minimum Gasteiger partial charge on any atom is -0.320 e. The molecule has 0 saturated heterocycles. The summed E-state index contributed by atoms with van der Waals surface area (Å²) in [5, 5.41) is 10.2. The summed E-state index contributed by atoms with van der Waals surface area (Å²) in [6, 6.07) is 8.76. The van der Waals surface area contributed by atoms with Crippen LogP contribution in [0.2, 0.25) is 0 Å². The van der Waals surface area contributed by atoms with E-state index in [2.05, 4.69) is 0 Å². The molecule has 0 spiro atoms. The smallest absolute Gasteiger partial charge is 0.250 e. The van der Waals surface area contributed by atoms with Crippen LogP contribution in [0.5, 0.6) is 0 Å². The molecule has 4 heteroatoms. The van der Waals surface area contributed by atoms with Crippen LogP contribution in [0.15, 0.2) is 30.3 Å². The van der Waals surface area contributed by atoms with Crippen LogP contribution in [0, 0.1) is 11.5 Å². The molecule has 4 nitrogen and oxygen atoms in total. The van der Waals surface area contributed by atoms with Crippen LogP contribution in [-0.2, 0) is 11.2 Å². The second-order valence-corrected chi connectivity index (χ2v) is 2.90. The maximum absolute atomic E-state index is 11.1. The summed E-state index contributed by atoms with van der Waals surface area (Å²) >= 11 is 0. The second kappa shape index (κ2) is 5.00. The molecule has 0 bridgehead atoms. The van der Waals surface area contributed by atoms with E-state index >= 15 is 0 Å². The molecule has 0 fully saturated rings. The van der Waals surface area contributed by atoms with Crippen molar-refractivity contribution in [1.82, 2.24) is 5.32 Å². The number of carbonyl (C=O) groups is 1. The maximum atomic E-state index is 11.1. The lowest BCUT2D eigenvalue weighted by molar-refractivity contribution is -0.121. The zero-order valence-corrected chi connectivity index (χ0v) is 7.60. The van der Waals surface area contributed by atoms with E-state index in [1.54, 1.807) is 6.19 Å². The van der Waals surface area contributed by atoms with Gasteiger partial charge in [0.05, 0.1) is 6.04 Å². The molecule has 1 aromatic carbocycles. The van der Waals surface area contributed by atoms with Crippen molar-refractivity contribution >= 4 is 5.91 Å². The molecule has 0 heterocycles. The van der Waals surface area contributed by atoms with Gasteiger partial charge in [0.1, 0.15) is 0 Å². The highest BCUT2D eigenvalue weighted by atomic mass is 16.2. The Morgan fingerprint density at radius 3 is 2.71 bits per heavy atom. The van der Waals surface area contributed by atoms with Crippen molar-refractivity contribution < 1.29 is 4.79 Å². The first-order chi connectivity index (χ1) is 6.74. The Morgan fingerprint density at radius 2 is 2.14 bits per heavy atom. The van der Waals surface area contributed by atoms with Gasteiger partial charge in [-0.1, -0.05) is 30.3 Å². The lowest BCUT2D eigenvalue weighted by Crippen LogP contribution is -2.39. The van der Waals surface area contributed by atoms with Gasteiger partial charge < -0.3 is 5.73 Å². The van der Waals surface area contributed by atoms with Gasteiger partial charge in [0.2, 0.25) is 5.91 Å². The Balaban J connectivity index is 2.54. The predicted molar refractivity (Wildman–Crippen MR) is 51.9 cm³/mol. The fourth-order valence-electron chi connectivity index (χ4n) is 1.11. The Labute approximate surface area is 82.3 Å². The molecule has 14 heavy (non-hydrogen) atoms. The van der Waals surface area contributed by atoms with Crippen molar-refractivity contribution in [3.8, 4) is 6.19 Å². The highest BCUT2D eigenvalue weighted by Gasteiger charge is 2.12. The van der Waals surface area contributed by atoms with Crippen LogP contribution in [0.1, 0.15) is 5.56 Å². The minimum absolute atomic E-state index is 0.439. The Morgan fingerprint density at radius 1 is 1.50 bits per heavy atom. The van der Waals surface area contributed by atoms with E-state index in [4.69, 9.17) is 11.0 Å². The van der Waals surface area contributed by atoms with E-state index in [-0.39, 0.29) is 0 Å². The number of hydrogen-bond donors (Lipinski definition) is 2. The fraction of sp³-hybridized carbons (Fsp3) is 0.200. The quantitative estimate of drug-likeness (QED) is 0.525. The lowest BCUT2D eigenvalue weighted by Gasteiger charge is -2.08. The van der Waals surface area contributed by atoms with Crippen molar-refractivity contribution in [2.24, 2.45) is 5.73 Å². The minimum atomic E-state index is -0.669. The van der Waals surface area contributed by atoms with Crippen molar-refractivity contribution in [1.29, 1.82) is 5.26 Å². The van der Waals surface area contributed by atoms with E-state index < -0.39 is 11.9 Å². The molecule has 0 aliphatic rings. The van der Waals surface area contributed by atoms with Gasteiger partial charge in [-0.2, -0.15) is 5.26 Å². The normalized spacial score (nSPS) is 11.4. The van der Waals surface area contributed by atoms with Gasteiger partial charge >= 0.3 is 0 Å². The first-order valence-electron chi connectivity index (χ1n) is 4.22. The Bertz CT molecular complexity index is 342. The standard InChI is InChI=1S/C10H11N3O/c11-7-13-10(14)9(12)6-8-4-2-1-3-5-8/h1-5,9H,6,12H2,(H,13,14). The number of amides is 1. The van der Waals surface area contributed by atoms with Gasteiger partial charge in [-0.3, -0.25) is 10.1 Å². The summed E-state index contributed by atoms with van der Waals surface area (Å²) in [6.45, 7) is 0. The van der Waals surface area contributed by atoms with Crippen LogP contribution in [0.25, 0.3) is 0 Å². The zero-order valence-electron chi connectivity index (χ0n) is 7.60. The number of benzene rings is 1. The van der Waals surface area contributed by atoms with E-state index in [1.807, 2.05) is 35.6 Å². The summed E-state index contributed by atoms with van der Waals surface area (Å²) in [6.07, 6.45) is 1.99. The molecule has 1 amide bonds. The number of nitrogens with two attached hydrogens (primary N) is 1. The van der Waals surface area contributed by atoms with E-state index in [0.717, 1.165) is 5.56 Å². The second-order valence-electron chi connectivity index (χ2n) is 2.90. The summed E-state index contributed by atoms with van der Waals surface area (Å²) in [5.41, 5.74) is 6.55. The Hall–Kier alpha value is -1.86. The van der Waals surface area contributed by atoms with Crippen molar-refractivity contribution in [3.63, 3.8) is 0 Å². The van der Waals surface area contributed by atoms with E-state index in [9.17, 15) is 4.79 Å². The average molecular weight is 189 g/mol. The molecular formula is C10H11N3O. The number of rotatable bonds is 3. The van der Waals surface area contributed by atoms with Crippen molar-refractivity contribution in [2.75, 3.05) is 0 Å². The van der Waals surface area contributed by atoms with Gasteiger partial charge in [-0.15, -0.1) is 0 Å². The van der Waals surface area contributed by atoms with Crippen LogP contribution in [0.4, 0.5) is 0 Å². The fourth-order valence-corrected chi connectivity index (χ4v) is 1.11. The monoisotopic (exact) mass is 189 g/mol. The van der Waals surface area contributed by atoms with E-state index in [1.165, 1.54) is 0 Å². The first-order valence-corrected chi connectivity index (χ1v) is 4.22. The number of nitrogens with one attached hydrogen (secondary N) is 1. The third-order valence-electron chi connectivity index (χ3n) is 1.81. The molecule has 0 aromatic heterocycles. The number of carbonyl (C=O) groups excluding carboxylic acids is 1. The molecule has 72 valence electrons. The summed E-state index contributed by atoms with van der Waals surface area (Å²) < 4.78 is 0. The molecule has 1 rings (SSSR count). The molecule has 0 saturated carbocycles. The maximum Gasteiger partial charge on any atom is 0.250 e. The largest absolute Gasteiger partial charge is 0.320 e. The molecule has 0 radical (unpaired) electrons. The molecule has 0 aliphatic heterocycles. The van der Waals surface area contributed by atoms with Crippen molar-refractivity contribution in [2.45, 2.75) is 12.5 Å². The summed E-state index contributed by atoms with van der Waals surface area (Å²) in [5.74, 6) is -0.448. The third kappa shape index (κ3) is 2.88. The molecular weight excluding hydrogens is 178 g/mol. The van der Waals surface area contributed by atoms with Crippen LogP contribution < -0.4 is 11.1 Å². The van der Waals surface area contributed by atoms with Crippen molar-refractivity contribution in [3.05, 3.63) is 35.9 Å². The molecule has 1 aromatic rings. The molecule has 1 atom stereocenters. The third-order valence-corrected chi connectivity index (χ3v) is 1.81. The van der Waals surface area contributed by atoms with E-state index in [0.29, 0.717) is 6.42 Å². The van der Waals surface area contributed by atoms with Crippen LogP contribution >= 0.6 is 0 Å². The topological polar surface area (TPSA) is 78.9 Å². The average Bonchev–Trinajstić information content (AvgIpc) is 2.19. The van der Waals surface area contributed by atoms with Gasteiger partial charge in [0.25, 0.3) is 0 Å². The number of nitrogens with zero attached hydrogens (tertiary/aromatic N) is 1. The highest BCUT2D eigenvalue weighted by molar-refractivity contribution is 5.83. The summed E-state index contributed by atoms with van der Waals surface area (Å²) in [7, 11) is 0.